The van der Waals surface area contributed by atoms with Gasteiger partial charge in [-0.2, -0.15) is 0 Å². The number of nitrogens with zero attached hydrogens (tertiary/aromatic N) is 1. The number of hydrogen-bond donors (Lipinski definition) is 0. The average molecular weight is 552 g/mol. The minimum Gasteiger partial charge on any atom is -0.451 e. The SMILES string of the molecule is CC(C)(C)[Si](C)(C)O[C@@H](C(=O)OC(c1ccccc1)c1ccccc1)[C@@H](OCC1CC1)[C@H]1CN2C(=O)C[C@@H]2O1. The fourth-order valence-electron chi connectivity index (χ4n) is 4.82. The van der Waals surface area contributed by atoms with Gasteiger partial charge in [-0.3, -0.25) is 4.79 Å². The lowest BCUT2D eigenvalue weighted by atomic mass is 10.0. The molecule has 0 radical (unpaired) electrons. The van der Waals surface area contributed by atoms with E-state index in [0.29, 0.717) is 25.5 Å². The fourth-order valence-corrected chi connectivity index (χ4v) is 6.04. The third-order valence-electron chi connectivity index (χ3n) is 8.51. The molecule has 0 unspecified atom stereocenters. The number of rotatable bonds is 11. The molecule has 0 spiro atoms. The van der Waals surface area contributed by atoms with Gasteiger partial charge < -0.3 is 23.5 Å². The Bertz CT molecular complexity index is 1110. The third kappa shape index (κ3) is 6.29. The lowest BCUT2D eigenvalue weighted by Crippen LogP contribution is -2.55. The Balaban J connectivity index is 1.47. The van der Waals surface area contributed by atoms with Gasteiger partial charge in [0.2, 0.25) is 5.91 Å². The number of carbonyl (C=O) groups is 2. The van der Waals surface area contributed by atoms with Crippen molar-refractivity contribution in [1.82, 2.24) is 4.90 Å². The predicted molar refractivity (Wildman–Crippen MR) is 150 cm³/mol. The van der Waals surface area contributed by atoms with Crippen LogP contribution in [0.3, 0.4) is 0 Å². The number of esters is 1. The van der Waals surface area contributed by atoms with Crippen LogP contribution in [0.1, 0.15) is 57.3 Å². The number of amides is 1. The van der Waals surface area contributed by atoms with Crippen LogP contribution in [0.5, 0.6) is 0 Å². The van der Waals surface area contributed by atoms with Gasteiger partial charge in [0, 0.05) is 0 Å². The van der Waals surface area contributed by atoms with E-state index >= 15 is 0 Å². The van der Waals surface area contributed by atoms with Gasteiger partial charge in [0.1, 0.15) is 18.4 Å². The van der Waals surface area contributed by atoms with E-state index in [2.05, 4.69) is 33.9 Å². The number of ether oxygens (including phenoxy) is 3. The van der Waals surface area contributed by atoms with Crippen molar-refractivity contribution < 1.29 is 28.2 Å². The number of hydrogen-bond acceptors (Lipinski definition) is 6. The van der Waals surface area contributed by atoms with Crippen LogP contribution in [0.2, 0.25) is 18.1 Å². The molecule has 3 fully saturated rings. The Morgan fingerprint density at radius 1 is 1.03 bits per heavy atom. The van der Waals surface area contributed by atoms with Crippen molar-refractivity contribution in [2.75, 3.05) is 13.2 Å². The third-order valence-corrected chi connectivity index (χ3v) is 13.0. The van der Waals surface area contributed by atoms with Crippen LogP contribution in [-0.2, 0) is 28.2 Å². The molecular weight excluding hydrogens is 510 g/mol. The van der Waals surface area contributed by atoms with Crippen LogP contribution >= 0.6 is 0 Å². The highest BCUT2D eigenvalue weighted by molar-refractivity contribution is 6.74. The highest BCUT2D eigenvalue weighted by Crippen LogP contribution is 2.40. The maximum atomic E-state index is 14.3. The molecular formula is C31H41NO6Si. The van der Waals surface area contributed by atoms with Crippen molar-refractivity contribution >= 4 is 20.2 Å². The largest absolute Gasteiger partial charge is 0.451 e. The van der Waals surface area contributed by atoms with Crippen LogP contribution in [-0.4, -0.2) is 62.8 Å². The Hall–Kier alpha value is -2.52. The summed E-state index contributed by atoms with van der Waals surface area (Å²) in [5, 5.41) is -0.139. The zero-order valence-electron chi connectivity index (χ0n) is 23.7. The molecule has 1 aliphatic carbocycles. The summed E-state index contributed by atoms with van der Waals surface area (Å²) in [6.45, 7) is 11.6. The zero-order valence-corrected chi connectivity index (χ0v) is 24.7. The lowest BCUT2D eigenvalue weighted by Gasteiger charge is -2.41. The van der Waals surface area contributed by atoms with Gasteiger partial charge in [0.05, 0.1) is 19.6 Å². The highest BCUT2D eigenvalue weighted by Gasteiger charge is 2.53. The van der Waals surface area contributed by atoms with Crippen molar-refractivity contribution in [3.63, 3.8) is 0 Å². The number of benzene rings is 2. The lowest BCUT2D eigenvalue weighted by molar-refractivity contribution is -0.178. The van der Waals surface area contributed by atoms with Crippen LogP contribution in [0, 0.1) is 5.92 Å². The smallest absolute Gasteiger partial charge is 0.337 e. The molecule has 5 rings (SSSR count). The first-order valence-corrected chi connectivity index (χ1v) is 17.0. The molecule has 2 saturated heterocycles. The quantitative estimate of drug-likeness (QED) is 0.210. The normalized spacial score (nSPS) is 22.8. The maximum Gasteiger partial charge on any atom is 0.337 e. The van der Waals surface area contributed by atoms with E-state index in [4.69, 9.17) is 18.6 Å². The van der Waals surface area contributed by atoms with Crippen molar-refractivity contribution in [2.45, 2.75) is 88.8 Å². The Labute approximate surface area is 232 Å². The molecule has 3 aliphatic rings. The fraction of sp³-hybridized carbons (Fsp3) is 0.548. The van der Waals surface area contributed by atoms with Crippen molar-refractivity contribution in [1.29, 1.82) is 0 Å². The second kappa shape index (κ2) is 11.2. The van der Waals surface area contributed by atoms with Crippen LogP contribution in [0.4, 0.5) is 0 Å². The summed E-state index contributed by atoms with van der Waals surface area (Å²) >= 11 is 0. The number of fused-ring (bicyclic) bond motifs is 1. The molecule has 2 heterocycles. The molecule has 0 bridgehead atoms. The first kappa shape index (κ1) is 28.0. The molecule has 1 amide bonds. The second-order valence-electron chi connectivity index (χ2n) is 12.6. The minimum atomic E-state index is -2.44. The van der Waals surface area contributed by atoms with E-state index in [1.54, 1.807) is 4.90 Å². The van der Waals surface area contributed by atoms with E-state index in [1.807, 2.05) is 60.7 Å². The van der Waals surface area contributed by atoms with Crippen LogP contribution < -0.4 is 0 Å². The summed E-state index contributed by atoms with van der Waals surface area (Å²) in [5.74, 6) is 0.0853. The van der Waals surface area contributed by atoms with Gasteiger partial charge in [-0.15, -0.1) is 0 Å². The van der Waals surface area contributed by atoms with E-state index in [-0.39, 0.29) is 17.2 Å². The topological polar surface area (TPSA) is 74.3 Å². The van der Waals surface area contributed by atoms with E-state index in [0.717, 1.165) is 24.0 Å². The molecule has 0 aromatic heterocycles. The second-order valence-corrected chi connectivity index (χ2v) is 17.3. The van der Waals surface area contributed by atoms with Gasteiger partial charge in [-0.25, -0.2) is 4.79 Å². The monoisotopic (exact) mass is 551 g/mol. The molecule has 8 heteroatoms. The first-order valence-electron chi connectivity index (χ1n) is 14.1. The van der Waals surface area contributed by atoms with E-state index < -0.39 is 38.7 Å². The van der Waals surface area contributed by atoms with Gasteiger partial charge in [-0.05, 0) is 48.0 Å². The Kier molecular flexibility index (Phi) is 8.02. The summed E-state index contributed by atoms with van der Waals surface area (Å²) in [6, 6.07) is 19.5. The molecule has 4 atom stereocenters. The average Bonchev–Trinajstić information content (AvgIpc) is 3.67. The minimum absolute atomic E-state index is 0.0705. The molecule has 2 aromatic carbocycles. The first-order chi connectivity index (χ1) is 18.5. The zero-order chi connectivity index (χ0) is 27.8. The summed E-state index contributed by atoms with van der Waals surface area (Å²) in [4.78, 5) is 28.2. The maximum absolute atomic E-state index is 14.3. The van der Waals surface area contributed by atoms with Crippen molar-refractivity contribution in [2.24, 2.45) is 5.92 Å². The Morgan fingerprint density at radius 3 is 2.10 bits per heavy atom. The highest BCUT2D eigenvalue weighted by atomic mass is 28.4. The summed E-state index contributed by atoms with van der Waals surface area (Å²) < 4.78 is 25.9. The molecule has 1 saturated carbocycles. The standard InChI is InChI=1S/C31H41NO6Si/c1-31(2,3)39(4,5)38-29(28(35-20-21-16-17-21)24-19-32-25(33)18-26(32)36-24)30(34)37-27(22-12-8-6-9-13-22)23-14-10-7-11-15-23/h6-15,21,24,26-29H,16-20H2,1-5H3/t24-,26+,28+,29-/m1/s1. The number of carbonyl (C=O) groups excluding carboxylic acids is 2. The molecule has 7 nitrogen and oxygen atoms in total. The summed E-state index contributed by atoms with van der Waals surface area (Å²) in [7, 11) is -2.44. The molecule has 39 heavy (non-hydrogen) atoms. The molecule has 210 valence electrons. The summed E-state index contributed by atoms with van der Waals surface area (Å²) in [5.41, 5.74) is 1.76. The molecule has 2 aromatic rings. The van der Waals surface area contributed by atoms with Crippen LogP contribution in [0.15, 0.2) is 60.7 Å². The predicted octanol–water partition coefficient (Wildman–Crippen LogP) is 5.46. The number of β-lactam (4-membered cyclic amide) rings is 1. The Morgan fingerprint density at radius 2 is 1.62 bits per heavy atom. The van der Waals surface area contributed by atoms with Gasteiger partial charge in [0.25, 0.3) is 0 Å². The van der Waals surface area contributed by atoms with E-state index in [9.17, 15) is 9.59 Å². The molecule has 2 aliphatic heterocycles. The van der Waals surface area contributed by atoms with Crippen molar-refractivity contribution in [3.05, 3.63) is 71.8 Å². The molecule has 0 N–H and O–H groups in total. The van der Waals surface area contributed by atoms with Crippen molar-refractivity contribution in [3.8, 4) is 0 Å². The van der Waals surface area contributed by atoms with Gasteiger partial charge >= 0.3 is 5.97 Å². The van der Waals surface area contributed by atoms with Gasteiger partial charge in [0.15, 0.2) is 20.5 Å². The van der Waals surface area contributed by atoms with Crippen LogP contribution in [0.25, 0.3) is 0 Å². The van der Waals surface area contributed by atoms with Gasteiger partial charge in [-0.1, -0.05) is 81.4 Å². The summed E-state index contributed by atoms with van der Waals surface area (Å²) in [6.07, 6.45) is -0.373. The van der Waals surface area contributed by atoms with E-state index in [1.165, 1.54) is 0 Å².